The average Bonchev–Trinajstić information content (AvgIpc) is 3.18. The highest BCUT2D eigenvalue weighted by Crippen LogP contribution is 2.26. The summed E-state index contributed by atoms with van der Waals surface area (Å²) in [5.74, 6) is -18.6. The first-order chi connectivity index (χ1) is 29.8. The van der Waals surface area contributed by atoms with Gasteiger partial charge < -0.3 is 20.4 Å². The Balaban J connectivity index is 0.000000877. The zero-order chi connectivity index (χ0) is 51.6. The van der Waals surface area contributed by atoms with E-state index in [0.29, 0.717) is 5.56 Å². The Morgan fingerprint density at radius 1 is 0.611 bits per heavy atom. The van der Waals surface area contributed by atoms with Gasteiger partial charge in [0.1, 0.15) is 23.3 Å². The molecule has 4 N–H and O–H groups in total. The third-order valence-corrected chi connectivity index (χ3v) is 6.43. The second-order valence-electron chi connectivity index (χ2n) is 10.6. The SMILES string of the molecule is C.O=C(O)Cc1ccc(F)cc1.[2H]C([2H])([2H])/C(C)=C(\C(=O)O)c1ccc(F)cc1.[2H]C([2H])([2H])C([2H])(C)C([2H])(C(=O)O)c1ccc(F)cc1.[2H]C([2H])([2H])C([2H])(C)[C@]([2H])(C(=O)O)c1ccc(F)cc1. The molecule has 0 radical (unpaired) electrons. The van der Waals surface area contributed by atoms with Gasteiger partial charge in [-0.2, -0.15) is 0 Å². The number of aliphatic carboxylic acids is 4. The largest absolute Gasteiger partial charge is 0.481 e. The molecule has 0 bridgehead atoms. The van der Waals surface area contributed by atoms with Gasteiger partial charge >= 0.3 is 23.9 Å². The Morgan fingerprint density at radius 3 is 1.22 bits per heavy atom. The highest BCUT2D eigenvalue weighted by atomic mass is 19.1. The number of carboxylic acid groups (broad SMARTS) is 4. The van der Waals surface area contributed by atoms with Gasteiger partial charge in [0, 0.05) is 17.8 Å². The molecule has 0 spiro atoms. The van der Waals surface area contributed by atoms with Gasteiger partial charge in [-0.15, -0.1) is 0 Å². The van der Waals surface area contributed by atoms with Crippen LogP contribution in [0.15, 0.2) is 103 Å². The Kier molecular flexibility index (Phi) is 13.0. The monoisotopic (exact) mass is 769 g/mol. The maximum Gasteiger partial charge on any atom is 0.336 e. The van der Waals surface area contributed by atoms with E-state index in [9.17, 15) is 47.0 Å². The van der Waals surface area contributed by atoms with Crippen LogP contribution in [-0.4, -0.2) is 44.3 Å². The molecule has 4 aromatic carbocycles. The van der Waals surface area contributed by atoms with Crippen LogP contribution in [0.5, 0.6) is 0 Å². The van der Waals surface area contributed by atoms with Crippen molar-refractivity contribution in [1.29, 1.82) is 0 Å². The number of allylic oxidation sites excluding steroid dienone is 1. The molecule has 0 aliphatic carbocycles. The number of hydrogen-bond acceptors (Lipinski definition) is 4. The molecular formula is C42H48F4O8. The molecule has 4 aromatic rings. The van der Waals surface area contributed by atoms with Gasteiger partial charge in [0.15, 0.2) is 0 Å². The Morgan fingerprint density at radius 2 is 0.944 bits per heavy atom. The van der Waals surface area contributed by atoms with E-state index in [1.165, 1.54) is 43.3 Å². The van der Waals surface area contributed by atoms with E-state index < -0.39 is 85.5 Å². The summed E-state index contributed by atoms with van der Waals surface area (Å²) in [5.41, 5.74) is -0.266. The Bertz CT molecular complexity index is 2250. The fourth-order valence-electron chi connectivity index (χ4n) is 4.13. The van der Waals surface area contributed by atoms with Crippen molar-refractivity contribution in [2.45, 2.75) is 67.0 Å². The smallest absolute Gasteiger partial charge is 0.336 e. The van der Waals surface area contributed by atoms with E-state index >= 15 is 0 Å². The lowest BCUT2D eigenvalue weighted by molar-refractivity contribution is -0.140. The average molecular weight is 770 g/mol. The summed E-state index contributed by atoms with van der Waals surface area (Å²) in [6.45, 7) is -5.49. The first-order valence-corrected chi connectivity index (χ1v) is 15.0. The molecule has 54 heavy (non-hydrogen) atoms. The predicted octanol–water partition coefficient (Wildman–Crippen LogP) is 10.1. The number of benzene rings is 4. The molecule has 8 nitrogen and oxygen atoms in total. The molecular weight excluding hydrogens is 708 g/mol. The van der Waals surface area contributed by atoms with Crippen molar-refractivity contribution in [3.8, 4) is 0 Å². The summed E-state index contributed by atoms with van der Waals surface area (Å²) in [4.78, 5) is 43.9. The molecule has 0 saturated carbocycles. The van der Waals surface area contributed by atoms with Crippen LogP contribution in [0, 0.1) is 35.1 Å². The molecule has 12 heteroatoms. The molecule has 0 fully saturated rings. The van der Waals surface area contributed by atoms with Crippen molar-refractivity contribution in [2.75, 3.05) is 0 Å². The van der Waals surface area contributed by atoms with Crippen LogP contribution in [0.4, 0.5) is 17.6 Å². The number of carboxylic acids is 4. The fraction of sp³-hybridized carbons (Fsp3) is 0.286. The summed E-state index contributed by atoms with van der Waals surface area (Å²) in [5, 5.41) is 35.8. The maximum atomic E-state index is 12.8. The maximum absolute atomic E-state index is 12.8. The summed E-state index contributed by atoms with van der Waals surface area (Å²) >= 11 is 0. The summed E-state index contributed by atoms with van der Waals surface area (Å²) in [7, 11) is 0. The topological polar surface area (TPSA) is 149 Å². The standard InChI is InChI=1S/2C11H13FO2.C11H11FO2.C8H7FO2.CH4/c3*1-7(2)10(11(13)14)8-3-5-9(12)6-4-8;9-7-3-1-6(2-4-7)5-8(10)11;/h2*3-7,10H,1-2H3,(H,13,14);3-6H,1-2H3,(H,13,14);1-4H,5H2,(H,10,11);1H4/t10-;;;;/m0..../s1/i2*1D3,7D,10D;1D3;;/b;;10-7+;;/t7?,10-;;;;. The summed E-state index contributed by atoms with van der Waals surface area (Å²) in [6.07, 6.45) is -0.0553. The van der Waals surface area contributed by atoms with Gasteiger partial charge in [0.05, 0.1) is 23.8 Å². The van der Waals surface area contributed by atoms with Crippen molar-refractivity contribution in [2.24, 2.45) is 11.8 Å². The zero-order valence-corrected chi connectivity index (χ0v) is 28.4. The number of hydrogen-bond donors (Lipinski definition) is 4. The van der Waals surface area contributed by atoms with Crippen LogP contribution < -0.4 is 0 Å². The van der Waals surface area contributed by atoms with Crippen LogP contribution in [0.2, 0.25) is 0 Å². The molecule has 0 amide bonds. The lowest BCUT2D eigenvalue weighted by Gasteiger charge is -2.16. The van der Waals surface area contributed by atoms with Crippen LogP contribution in [0.3, 0.4) is 0 Å². The van der Waals surface area contributed by atoms with Gasteiger partial charge in [-0.1, -0.05) is 89.1 Å². The number of halogens is 4. The molecule has 0 saturated heterocycles. The predicted molar refractivity (Wildman–Crippen MR) is 200 cm³/mol. The van der Waals surface area contributed by atoms with Crippen molar-refractivity contribution >= 4 is 29.5 Å². The normalized spacial score (nSPS) is 19.4. The lowest BCUT2D eigenvalue weighted by Crippen LogP contribution is -2.17. The lowest BCUT2D eigenvalue weighted by atomic mass is 9.89. The van der Waals surface area contributed by atoms with E-state index in [-0.39, 0.29) is 47.5 Å². The highest BCUT2D eigenvalue weighted by molar-refractivity contribution is 6.16. The molecule has 4 rings (SSSR count). The van der Waals surface area contributed by atoms with E-state index in [1.54, 1.807) is 0 Å². The van der Waals surface area contributed by atoms with Crippen molar-refractivity contribution in [3.63, 3.8) is 0 Å². The van der Waals surface area contributed by atoms with Crippen LogP contribution in [0.1, 0.15) is 101 Å². The third-order valence-electron chi connectivity index (χ3n) is 6.43. The van der Waals surface area contributed by atoms with Crippen molar-refractivity contribution < 1.29 is 75.0 Å². The van der Waals surface area contributed by atoms with Gasteiger partial charge in [0.2, 0.25) is 0 Å². The summed E-state index contributed by atoms with van der Waals surface area (Å²) in [6, 6.07) is 17.8. The molecule has 4 atom stereocenters. The van der Waals surface area contributed by atoms with Crippen molar-refractivity contribution in [1.82, 2.24) is 0 Å². The third kappa shape index (κ3) is 17.2. The quantitative estimate of drug-likeness (QED) is 0.0920. The minimum Gasteiger partial charge on any atom is -0.481 e. The number of carbonyl (C=O) groups is 4. The van der Waals surface area contributed by atoms with E-state index in [2.05, 4.69) is 0 Å². The first-order valence-electron chi connectivity index (χ1n) is 21.5. The summed E-state index contributed by atoms with van der Waals surface area (Å²) < 4.78 is 147. The first kappa shape index (κ1) is 29.6. The minimum atomic E-state index is -2.98. The molecule has 3 unspecified atom stereocenters. The zero-order valence-electron chi connectivity index (χ0n) is 41.4. The second kappa shape index (κ2) is 23.7. The van der Waals surface area contributed by atoms with E-state index in [4.69, 9.17) is 28.0 Å². The fourth-order valence-corrected chi connectivity index (χ4v) is 4.13. The van der Waals surface area contributed by atoms with Crippen molar-refractivity contribution in [3.05, 3.63) is 148 Å². The van der Waals surface area contributed by atoms with Gasteiger partial charge in [-0.05, 0) is 96.3 Å². The Labute approximate surface area is 331 Å². The highest BCUT2D eigenvalue weighted by Gasteiger charge is 2.24. The van der Waals surface area contributed by atoms with E-state index in [1.807, 2.05) is 0 Å². The second-order valence-corrected chi connectivity index (χ2v) is 10.6. The van der Waals surface area contributed by atoms with E-state index in [0.717, 1.165) is 74.5 Å². The van der Waals surface area contributed by atoms with Crippen LogP contribution >= 0.6 is 0 Å². The molecule has 0 aromatic heterocycles. The van der Waals surface area contributed by atoms with Crippen LogP contribution in [-0.2, 0) is 25.6 Å². The van der Waals surface area contributed by atoms with Gasteiger partial charge in [-0.3, -0.25) is 14.4 Å². The minimum absolute atomic E-state index is 0. The van der Waals surface area contributed by atoms with Gasteiger partial charge in [0.25, 0.3) is 0 Å². The van der Waals surface area contributed by atoms with Crippen LogP contribution in [0.25, 0.3) is 5.57 Å². The molecule has 0 aliphatic rings. The Hall–Kier alpha value is -5.78. The number of rotatable bonds is 10. The molecule has 0 heterocycles. The van der Waals surface area contributed by atoms with Gasteiger partial charge in [-0.25, -0.2) is 22.4 Å². The molecule has 0 aliphatic heterocycles. The molecule has 292 valence electrons.